The molecule has 0 saturated heterocycles. The van der Waals surface area contributed by atoms with Crippen LogP contribution in [0.15, 0.2) is 52.9 Å². The van der Waals surface area contributed by atoms with Crippen LogP contribution in [0.5, 0.6) is 17.4 Å². The van der Waals surface area contributed by atoms with Gasteiger partial charge in [0.25, 0.3) is 0 Å². The molecule has 0 aliphatic carbocycles. The molecule has 2 N–H and O–H groups in total. The van der Waals surface area contributed by atoms with Crippen molar-refractivity contribution < 1.29 is 14.2 Å². The Kier molecular flexibility index (Phi) is 6.40. The van der Waals surface area contributed by atoms with Gasteiger partial charge in [0.15, 0.2) is 21.8 Å². The number of thiocarbonyl (C=S) groups is 1. The van der Waals surface area contributed by atoms with E-state index in [2.05, 4.69) is 30.6 Å². The van der Waals surface area contributed by atoms with Crippen LogP contribution in [0.25, 0.3) is 0 Å². The minimum atomic E-state index is 0.312. The first-order chi connectivity index (χ1) is 14.7. The normalized spacial score (nSPS) is 12.2. The number of anilines is 1. The van der Waals surface area contributed by atoms with Crippen LogP contribution in [0.2, 0.25) is 0 Å². The van der Waals surface area contributed by atoms with Gasteiger partial charge in [-0.25, -0.2) is 15.0 Å². The Morgan fingerprint density at radius 2 is 1.93 bits per heavy atom. The fourth-order valence-corrected chi connectivity index (χ4v) is 3.44. The first-order valence-electron chi connectivity index (χ1n) is 9.01. The lowest BCUT2D eigenvalue weighted by Gasteiger charge is -2.19. The highest BCUT2D eigenvalue weighted by atomic mass is 32.2. The summed E-state index contributed by atoms with van der Waals surface area (Å²) in [5, 5.41) is 7.70. The highest BCUT2D eigenvalue weighted by Crippen LogP contribution is 2.30. The van der Waals surface area contributed by atoms with Crippen LogP contribution in [0.4, 0.5) is 5.95 Å². The maximum absolute atomic E-state index is 5.61. The lowest BCUT2D eigenvalue weighted by Crippen LogP contribution is -2.29. The lowest BCUT2D eigenvalue weighted by molar-refractivity contribution is 0.171. The molecule has 0 atom stereocenters. The van der Waals surface area contributed by atoms with Gasteiger partial charge in [-0.3, -0.25) is 0 Å². The Bertz CT molecular complexity index is 1040. The highest BCUT2D eigenvalue weighted by Gasteiger charge is 2.12. The van der Waals surface area contributed by atoms with Gasteiger partial charge < -0.3 is 24.8 Å². The Balaban J connectivity index is 1.39. The van der Waals surface area contributed by atoms with Crippen molar-refractivity contribution in [2.75, 3.05) is 25.6 Å². The number of rotatable bonds is 6. The maximum atomic E-state index is 5.61. The molecule has 0 radical (unpaired) electrons. The van der Waals surface area contributed by atoms with Crippen molar-refractivity contribution in [2.24, 2.45) is 0 Å². The summed E-state index contributed by atoms with van der Waals surface area (Å²) in [5.74, 6) is 2.20. The van der Waals surface area contributed by atoms with Gasteiger partial charge in [0, 0.05) is 25.0 Å². The lowest BCUT2D eigenvalue weighted by atomic mass is 10.2. The average molecular weight is 443 g/mol. The van der Waals surface area contributed by atoms with Crippen LogP contribution in [0, 0.1) is 0 Å². The van der Waals surface area contributed by atoms with Gasteiger partial charge in [-0.2, -0.15) is 4.98 Å². The van der Waals surface area contributed by atoms with Crippen molar-refractivity contribution in [2.45, 2.75) is 16.7 Å². The van der Waals surface area contributed by atoms with E-state index < -0.39 is 0 Å². The Morgan fingerprint density at radius 3 is 2.73 bits per heavy atom. The minimum absolute atomic E-state index is 0.312. The van der Waals surface area contributed by atoms with Gasteiger partial charge in [0.2, 0.25) is 11.8 Å². The summed E-state index contributed by atoms with van der Waals surface area (Å²) in [5.41, 5.74) is 1.01. The summed E-state index contributed by atoms with van der Waals surface area (Å²) in [7, 11) is 1.54. The summed E-state index contributed by atoms with van der Waals surface area (Å²) < 4.78 is 16.4. The third kappa shape index (κ3) is 5.24. The molecule has 4 rings (SSSR count). The molecule has 0 unspecified atom stereocenters. The van der Waals surface area contributed by atoms with E-state index in [-0.39, 0.29) is 0 Å². The number of benzene rings is 1. The highest BCUT2D eigenvalue weighted by molar-refractivity contribution is 7.99. The van der Waals surface area contributed by atoms with Crippen molar-refractivity contribution in [3.05, 3.63) is 48.3 Å². The Morgan fingerprint density at radius 1 is 1.13 bits per heavy atom. The molecule has 154 valence electrons. The van der Waals surface area contributed by atoms with Crippen LogP contribution in [-0.2, 0) is 6.54 Å². The third-order valence-corrected chi connectivity index (χ3v) is 4.97. The number of hydrogen-bond acceptors (Lipinski definition) is 9. The fraction of sp³-hybridized carbons (Fsp3) is 0.211. The van der Waals surface area contributed by atoms with Crippen LogP contribution < -0.4 is 24.8 Å². The molecular weight excluding hydrogens is 424 g/mol. The van der Waals surface area contributed by atoms with Crippen LogP contribution in [0.3, 0.4) is 0 Å². The van der Waals surface area contributed by atoms with Gasteiger partial charge >= 0.3 is 0 Å². The second-order valence-electron chi connectivity index (χ2n) is 5.99. The third-order valence-electron chi connectivity index (χ3n) is 3.91. The van der Waals surface area contributed by atoms with Crippen molar-refractivity contribution in [1.82, 2.24) is 25.3 Å². The molecule has 0 saturated carbocycles. The molecule has 3 heterocycles. The smallest absolute Gasteiger partial charge is 0.233 e. The van der Waals surface area contributed by atoms with Crippen LogP contribution in [0.1, 0.15) is 5.56 Å². The fourth-order valence-electron chi connectivity index (χ4n) is 2.57. The Hall–Kier alpha value is -3.18. The number of aromatic nitrogens is 4. The van der Waals surface area contributed by atoms with Crippen molar-refractivity contribution in [3.63, 3.8) is 0 Å². The molecule has 30 heavy (non-hydrogen) atoms. The molecule has 2 aromatic heterocycles. The molecule has 0 bridgehead atoms. The van der Waals surface area contributed by atoms with Gasteiger partial charge in [-0.15, -0.1) is 0 Å². The molecule has 3 aromatic rings. The molecule has 1 aliphatic heterocycles. The second-order valence-corrected chi connectivity index (χ2v) is 7.39. The van der Waals surface area contributed by atoms with E-state index in [9.17, 15) is 0 Å². The number of nitrogens with zero attached hydrogens (tertiary/aromatic N) is 4. The molecule has 11 heteroatoms. The maximum Gasteiger partial charge on any atom is 0.233 e. The average Bonchev–Trinajstić information content (AvgIpc) is 2.78. The molecule has 0 amide bonds. The summed E-state index contributed by atoms with van der Waals surface area (Å²) in [6, 6.07) is 9.24. The van der Waals surface area contributed by atoms with E-state index in [0.29, 0.717) is 46.9 Å². The van der Waals surface area contributed by atoms with Crippen molar-refractivity contribution in [3.8, 4) is 17.4 Å². The number of methoxy groups -OCH3 is 1. The Labute approximate surface area is 182 Å². The molecule has 1 aromatic carbocycles. The predicted octanol–water partition coefficient (Wildman–Crippen LogP) is 2.68. The van der Waals surface area contributed by atoms with Crippen LogP contribution >= 0.6 is 24.0 Å². The van der Waals surface area contributed by atoms with E-state index in [0.717, 1.165) is 17.1 Å². The van der Waals surface area contributed by atoms with Crippen molar-refractivity contribution in [1.29, 1.82) is 0 Å². The summed E-state index contributed by atoms with van der Waals surface area (Å²) in [6.45, 7) is 1.62. The minimum Gasteiger partial charge on any atom is -0.486 e. The topological polar surface area (TPSA) is 103 Å². The summed E-state index contributed by atoms with van der Waals surface area (Å²) in [4.78, 5) is 17.1. The van der Waals surface area contributed by atoms with E-state index in [4.69, 9.17) is 26.4 Å². The van der Waals surface area contributed by atoms with E-state index in [1.54, 1.807) is 24.5 Å². The predicted molar refractivity (Wildman–Crippen MR) is 115 cm³/mol. The van der Waals surface area contributed by atoms with Crippen molar-refractivity contribution >= 4 is 35.0 Å². The molecule has 9 nitrogen and oxygen atoms in total. The van der Waals surface area contributed by atoms with Gasteiger partial charge in [-0.1, -0.05) is 6.07 Å². The first kappa shape index (κ1) is 20.1. The van der Waals surface area contributed by atoms with Gasteiger partial charge in [0.1, 0.15) is 18.2 Å². The largest absolute Gasteiger partial charge is 0.486 e. The van der Waals surface area contributed by atoms with Gasteiger partial charge in [-0.05, 0) is 47.7 Å². The summed E-state index contributed by atoms with van der Waals surface area (Å²) >= 11 is 6.68. The molecule has 0 spiro atoms. The zero-order valence-electron chi connectivity index (χ0n) is 16.0. The standard InChI is InChI=1S/C19H18N6O3S2/c1-26-15-10-16(30-19-20-5-2-6-21-19)24-17(23-15)25-18(29)22-11-12-3-4-13-14(9-12)28-8-7-27-13/h2-6,9-10H,7-8,11H2,1H3,(H2,22,23,24,25,29). The van der Waals surface area contributed by atoms with E-state index in [1.165, 1.54) is 18.9 Å². The molecule has 1 aliphatic rings. The number of nitrogens with one attached hydrogen (secondary N) is 2. The monoisotopic (exact) mass is 442 g/mol. The number of hydrogen-bond donors (Lipinski definition) is 2. The quantitative estimate of drug-likeness (QED) is 0.334. The molecule has 0 fully saturated rings. The van der Waals surface area contributed by atoms with E-state index >= 15 is 0 Å². The van der Waals surface area contributed by atoms with Gasteiger partial charge in [0.05, 0.1) is 7.11 Å². The van der Waals surface area contributed by atoms with E-state index in [1.807, 2.05) is 18.2 Å². The number of fused-ring (bicyclic) bond motifs is 1. The first-order valence-corrected chi connectivity index (χ1v) is 10.2. The van der Waals surface area contributed by atoms with Crippen LogP contribution in [-0.4, -0.2) is 45.4 Å². The zero-order valence-corrected chi connectivity index (χ0v) is 17.6. The molecular formula is C19H18N6O3S2. The SMILES string of the molecule is COc1cc(Sc2ncccn2)nc(NC(=S)NCc2ccc3c(c2)OCCO3)n1. The second kappa shape index (κ2) is 9.55. The summed E-state index contributed by atoms with van der Waals surface area (Å²) in [6.07, 6.45) is 3.34. The number of ether oxygens (including phenoxy) is 3. The zero-order chi connectivity index (χ0) is 20.8.